The number of rotatable bonds is 6. The largest absolute Gasteiger partial charge is 0.497 e. The van der Waals surface area contributed by atoms with Gasteiger partial charge < -0.3 is 24.6 Å². The molecule has 2 amide bonds. The van der Waals surface area contributed by atoms with Crippen LogP contribution in [0.15, 0.2) is 42.7 Å². The van der Waals surface area contributed by atoms with Crippen molar-refractivity contribution in [1.29, 1.82) is 0 Å². The number of benzene rings is 1. The van der Waals surface area contributed by atoms with E-state index < -0.39 is 0 Å². The van der Waals surface area contributed by atoms with Crippen molar-refractivity contribution in [3.05, 3.63) is 53.9 Å². The Balaban J connectivity index is 1.56. The molecule has 3 rings (SSSR count). The normalized spacial score (nSPS) is 13.7. The molecule has 0 saturated carbocycles. The summed E-state index contributed by atoms with van der Waals surface area (Å²) in [6, 6.07) is 9.38. The van der Waals surface area contributed by atoms with E-state index in [0.717, 1.165) is 17.0 Å². The van der Waals surface area contributed by atoms with Gasteiger partial charge in [0, 0.05) is 38.9 Å². The zero-order chi connectivity index (χ0) is 20.6. The maximum Gasteiger partial charge on any atom is 0.409 e. The zero-order valence-corrected chi connectivity index (χ0v) is 16.8. The van der Waals surface area contributed by atoms with Crippen LogP contribution in [-0.2, 0) is 11.3 Å². The molecular formula is C21H26N4O4. The van der Waals surface area contributed by atoms with Crippen LogP contribution in [0, 0.1) is 0 Å². The summed E-state index contributed by atoms with van der Waals surface area (Å²) in [6.07, 6.45) is 3.01. The molecule has 2 aromatic rings. The minimum atomic E-state index is -0.281. The number of ether oxygens (including phenoxy) is 2. The first-order chi connectivity index (χ1) is 14.1. The Kier molecular flexibility index (Phi) is 6.89. The van der Waals surface area contributed by atoms with Crippen LogP contribution in [0.4, 0.5) is 10.5 Å². The van der Waals surface area contributed by atoms with Crippen molar-refractivity contribution >= 4 is 17.7 Å². The lowest BCUT2D eigenvalue weighted by molar-refractivity contribution is 0.0950. The molecule has 8 heteroatoms. The maximum absolute atomic E-state index is 12.5. The van der Waals surface area contributed by atoms with Gasteiger partial charge in [0.2, 0.25) is 0 Å². The van der Waals surface area contributed by atoms with Crippen LogP contribution in [-0.4, -0.2) is 61.8 Å². The number of amides is 2. The Morgan fingerprint density at radius 1 is 1.10 bits per heavy atom. The highest BCUT2D eigenvalue weighted by molar-refractivity contribution is 5.94. The van der Waals surface area contributed by atoms with Crippen molar-refractivity contribution < 1.29 is 19.1 Å². The number of carbonyl (C=O) groups excluding carboxylic acids is 2. The fourth-order valence-corrected chi connectivity index (χ4v) is 3.11. The van der Waals surface area contributed by atoms with Crippen LogP contribution in [0.3, 0.4) is 0 Å². The lowest BCUT2D eigenvalue weighted by atomic mass is 10.2. The number of methoxy groups -OCH3 is 1. The Bertz CT molecular complexity index is 833. The van der Waals surface area contributed by atoms with Crippen molar-refractivity contribution in [2.24, 2.45) is 0 Å². The summed E-state index contributed by atoms with van der Waals surface area (Å²) >= 11 is 0. The number of hydrogen-bond acceptors (Lipinski definition) is 6. The molecule has 1 aromatic carbocycles. The van der Waals surface area contributed by atoms with Crippen LogP contribution in [0.2, 0.25) is 0 Å². The maximum atomic E-state index is 12.5. The molecule has 8 nitrogen and oxygen atoms in total. The molecule has 0 unspecified atom stereocenters. The monoisotopic (exact) mass is 398 g/mol. The van der Waals surface area contributed by atoms with Crippen molar-refractivity contribution in [1.82, 2.24) is 15.2 Å². The SMILES string of the molecule is CCOC(=O)N1CCN(c2cncc(C(=O)NCc3ccc(OC)cc3)c2)CC1. The van der Waals surface area contributed by atoms with Gasteiger partial charge in [0.05, 0.1) is 31.2 Å². The minimum Gasteiger partial charge on any atom is -0.497 e. The molecule has 1 aliphatic heterocycles. The first-order valence-corrected chi connectivity index (χ1v) is 9.63. The van der Waals surface area contributed by atoms with Crippen molar-refractivity contribution in [2.75, 3.05) is 44.8 Å². The van der Waals surface area contributed by atoms with Gasteiger partial charge in [-0.1, -0.05) is 12.1 Å². The van der Waals surface area contributed by atoms with Crippen molar-refractivity contribution in [3.63, 3.8) is 0 Å². The summed E-state index contributed by atoms with van der Waals surface area (Å²) in [5.74, 6) is 0.598. The van der Waals surface area contributed by atoms with Crippen molar-refractivity contribution in [2.45, 2.75) is 13.5 Å². The molecule has 1 aliphatic rings. The predicted octanol–water partition coefficient (Wildman–Crippen LogP) is 2.30. The number of aromatic nitrogens is 1. The number of piperazine rings is 1. The highest BCUT2D eigenvalue weighted by Gasteiger charge is 2.22. The van der Waals surface area contributed by atoms with E-state index in [1.165, 1.54) is 0 Å². The lowest BCUT2D eigenvalue weighted by Gasteiger charge is -2.35. The van der Waals surface area contributed by atoms with Gasteiger partial charge in [-0.15, -0.1) is 0 Å². The fourth-order valence-electron chi connectivity index (χ4n) is 3.11. The molecular weight excluding hydrogens is 372 g/mol. The van der Waals surface area contributed by atoms with E-state index >= 15 is 0 Å². The Labute approximate surface area is 170 Å². The van der Waals surface area contributed by atoms with E-state index in [-0.39, 0.29) is 12.0 Å². The van der Waals surface area contributed by atoms with E-state index in [4.69, 9.17) is 9.47 Å². The second-order valence-corrected chi connectivity index (χ2v) is 6.64. The molecule has 1 N–H and O–H groups in total. The van der Waals surface area contributed by atoms with E-state index in [2.05, 4.69) is 15.2 Å². The molecule has 0 radical (unpaired) electrons. The molecule has 29 heavy (non-hydrogen) atoms. The van der Waals surface area contributed by atoms with Crippen LogP contribution in [0.5, 0.6) is 5.75 Å². The Morgan fingerprint density at radius 2 is 1.83 bits per heavy atom. The molecule has 0 bridgehead atoms. The van der Waals surface area contributed by atoms with Gasteiger partial charge in [-0.3, -0.25) is 9.78 Å². The topological polar surface area (TPSA) is 84.0 Å². The molecule has 1 saturated heterocycles. The van der Waals surface area contributed by atoms with E-state index in [0.29, 0.717) is 44.9 Å². The van der Waals surface area contributed by atoms with E-state index in [1.807, 2.05) is 30.3 Å². The summed E-state index contributed by atoms with van der Waals surface area (Å²) in [4.78, 5) is 32.4. The number of nitrogens with zero attached hydrogens (tertiary/aromatic N) is 3. The first kappa shape index (κ1) is 20.4. The van der Waals surface area contributed by atoms with Gasteiger partial charge in [-0.2, -0.15) is 0 Å². The number of pyridine rings is 1. The van der Waals surface area contributed by atoms with E-state index in [9.17, 15) is 9.59 Å². The minimum absolute atomic E-state index is 0.180. The molecule has 2 heterocycles. The third-order valence-corrected chi connectivity index (χ3v) is 4.77. The number of carbonyl (C=O) groups is 2. The summed E-state index contributed by atoms with van der Waals surface area (Å²) in [7, 11) is 1.62. The van der Waals surface area contributed by atoms with Crippen LogP contribution in [0.25, 0.3) is 0 Å². The van der Waals surface area contributed by atoms with Crippen molar-refractivity contribution in [3.8, 4) is 5.75 Å². The van der Waals surface area contributed by atoms with E-state index in [1.54, 1.807) is 31.3 Å². The highest BCUT2D eigenvalue weighted by Crippen LogP contribution is 2.17. The third kappa shape index (κ3) is 5.37. The highest BCUT2D eigenvalue weighted by atomic mass is 16.6. The Hall–Kier alpha value is -3.29. The van der Waals surface area contributed by atoms with Gasteiger partial charge in [0.25, 0.3) is 5.91 Å². The van der Waals surface area contributed by atoms with Crippen LogP contribution < -0.4 is 15.0 Å². The van der Waals surface area contributed by atoms with Gasteiger partial charge in [-0.25, -0.2) is 4.79 Å². The van der Waals surface area contributed by atoms with Gasteiger partial charge in [0.15, 0.2) is 0 Å². The summed E-state index contributed by atoms with van der Waals surface area (Å²) in [5, 5.41) is 2.91. The summed E-state index contributed by atoms with van der Waals surface area (Å²) < 4.78 is 10.2. The molecule has 0 atom stereocenters. The average Bonchev–Trinajstić information content (AvgIpc) is 2.78. The van der Waals surface area contributed by atoms with Gasteiger partial charge >= 0.3 is 6.09 Å². The average molecular weight is 398 g/mol. The standard InChI is InChI=1S/C21H26N4O4/c1-3-29-21(27)25-10-8-24(9-11-25)18-12-17(14-22-15-18)20(26)23-13-16-4-6-19(28-2)7-5-16/h4-7,12,14-15H,3,8-11,13H2,1-2H3,(H,23,26). The predicted molar refractivity (Wildman–Crippen MR) is 109 cm³/mol. The van der Waals surface area contributed by atoms with Gasteiger partial charge in [0.1, 0.15) is 5.75 Å². The second-order valence-electron chi connectivity index (χ2n) is 6.64. The lowest BCUT2D eigenvalue weighted by Crippen LogP contribution is -2.49. The van der Waals surface area contributed by atoms with Crippen LogP contribution in [0.1, 0.15) is 22.8 Å². The fraction of sp³-hybridized carbons (Fsp3) is 0.381. The number of anilines is 1. The molecule has 0 spiro atoms. The third-order valence-electron chi connectivity index (χ3n) is 4.77. The first-order valence-electron chi connectivity index (χ1n) is 9.63. The summed E-state index contributed by atoms with van der Waals surface area (Å²) in [5.41, 5.74) is 2.35. The van der Waals surface area contributed by atoms with Crippen LogP contribution >= 0.6 is 0 Å². The molecule has 1 aromatic heterocycles. The second kappa shape index (κ2) is 9.77. The zero-order valence-electron chi connectivity index (χ0n) is 16.8. The Morgan fingerprint density at radius 3 is 2.48 bits per heavy atom. The molecule has 1 fully saturated rings. The summed E-state index contributed by atoms with van der Waals surface area (Å²) in [6.45, 7) is 5.07. The number of nitrogens with one attached hydrogen (secondary N) is 1. The smallest absolute Gasteiger partial charge is 0.409 e. The number of hydrogen-bond donors (Lipinski definition) is 1. The molecule has 0 aliphatic carbocycles. The quantitative estimate of drug-likeness (QED) is 0.804. The molecule has 154 valence electrons. The van der Waals surface area contributed by atoms with Gasteiger partial charge in [-0.05, 0) is 30.7 Å².